The predicted molar refractivity (Wildman–Crippen MR) is 204 cm³/mol. The molecule has 0 aliphatic carbocycles. The van der Waals surface area contributed by atoms with Gasteiger partial charge < -0.3 is 43.7 Å². The highest BCUT2D eigenvalue weighted by atomic mass is 16.8. The Balaban J connectivity index is 1.36. The van der Waals surface area contributed by atoms with Gasteiger partial charge >= 0.3 is 11.9 Å². The molecule has 5 heterocycles. The van der Waals surface area contributed by atoms with Crippen molar-refractivity contribution in [3.8, 4) is 0 Å². The van der Waals surface area contributed by atoms with Gasteiger partial charge in [0.25, 0.3) is 0 Å². The summed E-state index contributed by atoms with van der Waals surface area (Å²) in [5.74, 6) is -6.83. The van der Waals surface area contributed by atoms with Gasteiger partial charge in [0.05, 0.1) is 53.7 Å². The summed E-state index contributed by atoms with van der Waals surface area (Å²) in [4.78, 5) is 38.9. The van der Waals surface area contributed by atoms with Gasteiger partial charge in [-0.3, -0.25) is 14.4 Å². The Morgan fingerprint density at radius 3 is 2.20 bits per heavy atom. The first kappa shape index (κ1) is 44.2. The first-order valence-corrected chi connectivity index (χ1v) is 21.2. The maximum Gasteiger partial charge on any atom is 0.309 e. The van der Waals surface area contributed by atoms with Crippen molar-refractivity contribution < 1.29 is 58.1 Å². The third-order valence-electron chi connectivity index (χ3n) is 14.3. The van der Waals surface area contributed by atoms with Crippen LogP contribution >= 0.6 is 0 Å². The van der Waals surface area contributed by atoms with Crippen molar-refractivity contribution in [3.05, 3.63) is 12.2 Å². The number of Topliss-reactive ketones (excluding diaryl/α,β-unsaturated/α-hetero) is 1. The molecule has 2 spiro atoms. The van der Waals surface area contributed by atoms with Crippen molar-refractivity contribution in [1.82, 2.24) is 0 Å². The topological polar surface area (TPSA) is 167 Å². The van der Waals surface area contributed by atoms with Crippen LogP contribution in [-0.4, -0.2) is 98.5 Å². The Morgan fingerprint density at radius 2 is 1.60 bits per heavy atom. The molecule has 12 heteroatoms. The molecule has 4 fully saturated rings. The second kappa shape index (κ2) is 17.1. The molecule has 0 radical (unpaired) electrons. The van der Waals surface area contributed by atoms with Gasteiger partial charge in [-0.2, -0.15) is 0 Å². The van der Waals surface area contributed by atoms with Crippen molar-refractivity contribution in [2.45, 2.75) is 205 Å². The Bertz CT molecular complexity index is 1400. The van der Waals surface area contributed by atoms with Crippen LogP contribution in [0, 0.1) is 35.5 Å². The molecule has 12 nitrogen and oxygen atoms in total. The first-order chi connectivity index (χ1) is 25.8. The molecular weight excluding hydrogens is 708 g/mol. The number of aliphatic hydroxyl groups is 2. The maximum absolute atomic E-state index is 14.5. The molecule has 0 bridgehead atoms. The summed E-state index contributed by atoms with van der Waals surface area (Å²) in [7, 11) is 0. The maximum atomic E-state index is 14.5. The summed E-state index contributed by atoms with van der Waals surface area (Å²) in [6.45, 7) is 18.8. The van der Waals surface area contributed by atoms with E-state index in [-0.39, 0.29) is 35.9 Å². The van der Waals surface area contributed by atoms with Crippen molar-refractivity contribution in [2.24, 2.45) is 35.5 Å². The summed E-state index contributed by atoms with van der Waals surface area (Å²) < 4.78 is 39.7. The standard InChI is InChI=1S/C43H70O12/c1-11-30(39(47)48)33-16-14-15-32(52-33)26(6)36(45)27(7)37(46)31(12-2)38-24(4)23-25(5)43(53-38)35(51-29(9)44)18-20-42(55-43)22-21-40(10,54-42)34-17-19-41(49,13-3)28(8)50-34/h18,20,24-28,30-36,38,45,49H,11-17,19,21-23H2,1-10H3,(H,47,48). The molecule has 0 aromatic carbocycles. The fourth-order valence-corrected chi connectivity index (χ4v) is 10.5. The zero-order valence-corrected chi connectivity index (χ0v) is 35.0. The smallest absolute Gasteiger partial charge is 0.309 e. The molecule has 314 valence electrons. The zero-order valence-electron chi connectivity index (χ0n) is 35.0. The predicted octanol–water partition coefficient (Wildman–Crippen LogP) is 6.51. The van der Waals surface area contributed by atoms with Gasteiger partial charge in [-0.25, -0.2) is 0 Å². The van der Waals surface area contributed by atoms with Crippen LogP contribution in [0.15, 0.2) is 12.2 Å². The second-order valence-electron chi connectivity index (χ2n) is 18.0. The number of aliphatic carboxylic acids is 1. The second-order valence-corrected chi connectivity index (χ2v) is 18.0. The van der Waals surface area contributed by atoms with Gasteiger partial charge in [0, 0.05) is 37.0 Å². The largest absolute Gasteiger partial charge is 0.481 e. The molecule has 0 amide bonds. The fraction of sp³-hybridized carbons (Fsp3) is 0.884. The number of hydrogen-bond acceptors (Lipinski definition) is 11. The molecule has 17 unspecified atom stereocenters. The van der Waals surface area contributed by atoms with Crippen LogP contribution in [0.4, 0.5) is 0 Å². The number of esters is 1. The lowest BCUT2D eigenvalue weighted by Crippen LogP contribution is -2.66. The molecule has 5 aliphatic heterocycles. The number of ether oxygens (including phenoxy) is 6. The lowest BCUT2D eigenvalue weighted by Gasteiger charge is -2.55. The molecule has 0 aromatic heterocycles. The van der Waals surface area contributed by atoms with Crippen LogP contribution in [0.2, 0.25) is 0 Å². The lowest BCUT2D eigenvalue weighted by atomic mass is 9.72. The third-order valence-corrected chi connectivity index (χ3v) is 14.3. The minimum absolute atomic E-state index is 0.0617. The Kier molecular flexibility index (Phi) is 13.7. The highest BCUT2D eigenvalue weighted by Gasteiger charge is 2.64. The van der Waals surface area contributed by atoms with Gasteiger partial charge in [-0.1, -0.05) is 48.5 Å². The van der Waals surface area contributed by atoms with E-state index in [0.717, 1.165) is 6.42 Å². The molecule has 17 atom stereocenters. The lowest BCUT2D eigenvalue weighted by molar-refractivity contribution is -0.416. The normalized spacial score (nSPS) is 43.4. The number of carboxylic acids is 1. The molecule has 0 saturated carbocycles. The first-order valence-electron chi connectivity index (χ1n) is 21.2. The summed E-state index contributed by atoms with van der Waals surface area (Å²) in [5, 5.41) is 32.5. The number of carbonyl (C=O) groups is 3. The number of hydrogen-bond donors (Lipinski definition) is 3. The highest BCUT2D eigenvalue weighted by molar-refractivity contribution is 5.84. The average Bonchev–Trinajstić information content (AvgIpc) is 3.48. The molecular formula is C43H70O12. The van der Waals surface area contributed by atoms with Gasteiger partial charge in [-0.15, -0.1) is 0 Å². The summed E-state index contributed by atoms with van der Waals surface area (Å²) in [6, 6.07) is 0. The Hall–Kier alpha value is -1.93. The fourth-order valence-electron chi connectivity index (χ4n) is 10.5. The average molecular weight is 779 g/mol. The zero-order chi connectivity index (χ0) is 40.7. The summed E-state index contributed by atoms with van der Waals surface area (Å²) in [5.41, 5.74) is -1.60. The van der Waals surface area contributed by atoms with Crippen molar-refractivity contribution in [3.63, 3.8) is 0 Å². The van der Waals surface area contributed by atoms with Gasteiger partial charge in [0.1, 0.15) is 5.78 Å². The summed E-state index contributed by atoms with van der Waals surface area (Å²) >= 11 is 0. The van der Waals surface area contributed by atoms with Crippen LogP contribution in [-0.2, 0) is 42.8 Å². The molecule has 4 saturated heterocycles. The van der Waals surface area contributed by atoms with Crippen LogP contribution in [0.3, 0.4) is 0 Å². The minimum atomic E-state index is -1.46. The van der Waals surface area contributed by atoms with Gasteiger partial charge in [-0.05, 0) is 96.1 Å². The van der Waals surface area contributed by atoms with Crippen molar-refractivity contribution >= 4 is 17.7 Å². The van der Waals surface area contributed by atoms with Crippen molar-refractivity contribution in [1.29, 1.82) is 0 Å². The van der Waals surface area contributed by atoms with Gasteiger partial charge in [0.15, 0.2) is 11.9 Å². The van der Waals surface area contributed by atoms with E-state index in [2.05, 4.69) is 6.92 Å². The Labute approximate surface area is 328 Å². The van der Waals surface area contributed by atoms with Gasteiger partial charge in [0.2, 0.25) is 5.79 Å². The van der Waals surface area contributed by atoms with E-state index >= 15 is 0 Å². The van der Waals surface area contributed by atoms with E-state index in [4.69, 9.17) is 28.4 Å². The third kappa shape index (κ3) is 8.62. The molecule has 3 N–H and O–H groups in total. The number of carboxylic acid groups (broad SMARTS) is 1. The molecule has 55 heavy (non-hydrogen) atoms. The van der Waals surface area contributed by atoms with E-state index in [1.807, 2.05) is 60.6 Å². The van der Waals surface area contributed by atoms with E-state index in [0.29, 0.717) is 64.2 Å². The highest BCUT2D eigenvalue weighted by Crippen LogP contribution is 2.54. The number of ketones is 1. The quantitative estimate of drug-likeness (QED) is 0.137. The molecule has 5 aliphatic rings. The van der Waals surface area contributed by atoms with Crippen LogP contribution in [0.25, 0.3) is 0 Å². The van der Waals surface area contributed by atoms with E-state index in [9.17, 15) is 29.7 Å². The number of aliphatic hydroxyl groups excluding tert-OH is 1. The molecule has 0 aromatic rings. The van der Waals surface area contributed by atoms with Crippen LogP contribution in [0.1, 0.15) is 140 Å². The van der Waals surface area contributed by atoms with Crippen LogP contribution < -0.4 is 0 Å². The van der Waals surface area contributed by atoms with Crippen LogP contribution in [0.5, 0.6) is 0 Å². The summed E-state index contributed by atoms with van der Waals surface area (Å²) in [6.07, 6.45) is 6.33. The SMILES string of the molecule is CCC(C(=O)O)C1CCCC(C(C)C(O)C(C)C(=O)C(CC)C2OC3(OC4(C=CC3OC(C)=O)CCC(C)(C3CCC(O)(CC)C(C)O3)O4)C(C)CC2C)O1. The van der Waals surface area contributed by atoms with E-state index < -0.39 is 82.8 Å². The van der Waals surface area contributed by atoms with E-state index in [1.54, 1.807) is 6.92 Å². The molecule has 5 rings (SSSR count). The Morgan fingerprint density at radius 1 is 0.927 bits per heavy atom. The monoisotopic (exact) mass is 778 g/mol. The number of rotatable bonds is 13. The minimum Gasteiger partial charge on any atom is -0.481 e. The van der Waals surface area contributed by atoms with Crippen molar-refractivity contribution in [2.75, 3.05) is 0 Å². The van der Waals surface area contributed by atoms with E-state index in [1.165, 1.54) is 6.92 Å². The number of carbonyl (C=O) groups excluding carboxylic acids is 2.